The molecule has 16 heavy (non-hydrogen) atoms. The third kappa shape index (κ3) is 0.820. The number of Topliss-reactive ketones (excluding diaryl/α,β-unsaturated/α-hetero) is 1. The van der Waals surface area contributed by atoms with E-state index in [9.17, 15) is 9.59 Å². The molecule has 0 radical (unpaired) electrons. The van der Waals surface area contributed by atoms with Crippen molar-refractivity contribution in [1.82, 2.24) is 4.90 Å². The Kier molecular flexibility index (Phi) is 1.43. The molecule has 3 atom stereocenters. The van der Waals surface area contributed by atoms with Gasteiger partial charge in [0.25, 0.3) is 0 Å². The highest BCUT2D eigenvalue weighted by Gasteiger charge is 2.63. The first-order valence-electron chi connectivity index (χ1n) is 5.93. The van der Waals surface area contributed by atoms with Crippen LogP contribution in [0.3, 0.4) is 0 Å². The van der Waals surface area contributed by atoms with E-state index in [-0.39, 0.29) is 23.8 Å². The summed E-state index contributed by atoms with van der Waals surface area (Å²) in [6.45, 7) is 0.980. The number of carbonyl (C=O) groups is 2. The molecule has 0 N–H and O–H groups in total. The summed E-state index contributed by atoms with van der Waals surface area (Å²) in [7, 11) is 0. The number of ketones is 1. The number of fused-ring (bicyclic) bond motifs is 1. The monoisotopic (exact) mass is 219 g/mol. The Morgan fingerprint density at radius 2 is 2.31 bits per heavy atom. The van der Waals surface area contributed by atoms with Gasteiger partial charge in [-0.3, -0.25) is 9.69 Å². The number of hydrogen-bond acceptors (Lipinski definition) is 4. The number of piperidine rings is 2. The highest BCUT2D eigenvalue weighted by atomic mass is 16.6. The fraction of sp³-hybridized carbons (Fsp3) is 0.667. The van der Waals surface area contributed by atoms with Crippen molar-refractivity contribution in [2.75, 3.05) is 6.54 Å². The molecule has 0 amide bonds. The van der Waals surface area contributed by atoms with Gasteiger partial charge in [-0.05, 0) is 31.4 Å². The zero-order valence-corrected chi connectivity index (χ0v) is 8.94. The second kappa shape index (κ2) is 2.56. The number of carbonyl (C=O) groups excluding carboxylic acids is 2. The van der Waals surface area contributed by atoms with E-state index in [4.69, 9.17) is 4.74 Å². The molecule has 5 aliphatic rings. The van der Waals surface area contributed by atoms with Gasteiger partial charge in [-0.25, -0.2) is 4.79 Å². The van der Waals surface area contributed by atoms with Gasteiger partial charge in [0.2, 0.25) is 0 Å². The molecule has 0 aromatic heterocycles. The van der Waals surface area contributed by atoms with Crippen molar-refractivity contribution in [1.29, 1.82) is 0 Å². The Hall–Kier alpha value is -1.16. The highest BCUT2D eigenvalue weighted by Crippen LogP contribution is 2.52. The molecule has 1 spiro atoms. The number of nitrogens with zero attached hydrogens (tertiary/aromatic N) is 1. The molecule has 0 aromatic rings. The molecule has 1 saturated carbocycles. The highest BCUT2D eigenvalue weighted by molar-refractivity contribution is 5.95. The molecule has 3 saturated heterocycles. The Labute approximate surface area is 93.2 Å². The smallest absolute Gasteiger partial charge is 0.331 e. The Balaban J connectivity index is 1.89. The first-order valence-corrected chi connectivity index (χ1v) is 5.93. The van der Waals surface area contributed by atoms with E-state index in [0.29, 0.717) is 12.8 Å². The SMILES string of the molecule is O=C1C=C2C[C@@H]3C(=O)C[C@@]2(O1)[C@H]1CCCN31. The predicted molar refractivity (Wildman–Crippen MR) is 54.7 cm³/mol. The molecular formula is C12H13NO3. The Morgan fingerprint density at radius 3 is 3.19 bits per heavy atom. The molecule has 5 rings (SSSR count). The minimum atomic E-state index is -0.570. The molecule has 4 fully saturated rings. The molecular weight excluding hydrogens is 206 g/mol. The van der Waals surface area contributed by atoms with Gasteiger partial charge in [0.05, 0.1) is 18.5 Å². The fourth-order valence-electron chi connectivity index (χ4n) is 3.98. The third-order valence-corrected chi connectivity index (χ3v) is 4.57. The van der Waals surface area contributed by atoms with E-state index in [2.05, 4.69) is 4.90 Å². The Morgan fingerprint density at radius 1 is 1.44 bits per heavy atom. The van der Waals surface area contributed by atoms with Crippen molar-refractivity contribution in [2.24, 2.45) is 0 Å². The van der Waals surface area contributed by atoms with E-state index < -0.39 is 5.60 Å². The van der Waals surface area contributed by atoms with Crippen LogP contribution >= 0.6 is 0 Å². The van der Waals surface area contributed by atoms with Crippen LogP contribution in [0.1, 0.15) is 25.7 Å². The zero-order chi connectivity index (χ0) is 10.9. The maximum absolute atomic E-state index is 12.0. The minimum Gasteiger partial charge on any atom is -0.449 e. The van der Waals surface area contributed by atoms with Crippen LogP contribution in [0, 0.1) is 0 Å². The zero-order valence-electron chi connectivity index (χ0n) is 8.94. The van der Waals surface area contributed by atoms with Crippen LogP contribution in [0.5, 0.6) is 0 Å². The fourth-order valence-corrected chi connectivity index (χ4v) is 3.98. The van der Waals surface area contributed by atoms with Crippen LogP contribution < -0.4 is 0 Å². The normalized spacial score (nSPS) is 45.4. The van der Waals surface area contributed by atoms with Gasteiger partial charge in [-0.1, -0.05) is 0 Å². The maximum atomic E-state index is 12.0. The second-order valence-corrected chi connectivity index (χ2v) is 5.24. The van der Waals surface area contributed by atoms with E-state index >= 15 is 0 Å². The standard InChI is InChI=1S/C12H13NO3/c14-9-6-12-7(5-11(15)16-12)4-8(9)13-3-1-2-10(12)13/h5,8,10H,1-4,6H2/t8-,10-,12+/m1/s1. The average molecular weight is 219 g/mol. The Bertz CT molecular complexity index is 442. The third-order valence-electron chi connectivity index (χ3n) is 4.57. The van der Waals surface area contributed by atoms with E-state index in [0.717, 1.165) is 25.0 Å². The summed E-state index contributed by atoms with van der Waals surface area (Å²) in [5.74, 6) is 0.00204. The lowest BCUT2D eigenvalue weighted by Crippen LogP contribution is -2.67. The predicted octanol–water partition coefficient (Wildman–Crippen LogP) is 0.418. The molecule has 0 aromatic carbocycles. The lowest BCUT2D eigenvalue weighted by molar-refractivity contribution is -0.167. The largest absolute Gasteiger partial charge is 0.449 e. The van der Waals surface area contributed by atoms with Crippen molar-refractivity contribution in [3.8, 4) is 0 Å². The van der Waals surface area contributed by atoms with Crippen molar-refractivity contribution < 1.29 is 14.3 Å². The summed E-state index contributed by atoms with van der Waals surface area (Å²) in [5, 5.41) is 0. The molecule has 4 nitrogen and oxygen atoms in total. The van der Waals surface area contributed by atoms with Gasteiger partial charge in [0.1, 0.15) is 0 Å². The van der Waals surface area contributed by atoms with Crippen molar-refractivity contribution in [2.45, 2.75) is 43.4 Å². The van der Waals surface area contributed by atoms with E-state index in [1.54, 1.807) is 6.08 Å². The van der Waals surface area contributed by atoms with E-state index in [1.165, 1.54) is 0 Å². The summed E-state index contributed by atoms with van der Waals surface area (Å²) >= 11 is 0. The van der Waals surface area contributed by atoms with Crippen molar-refractivity contribution in [3.63, 3.8) is 0 Å². The number of rotatable bonds is 0. The van der Waals surface area contributed by atoms with Gasteiger partial charge in [-0.2, -0.15) is 0 Å². The lowest BCUT2D eigenvalue weighted by Gasteiger charge is -2.53. The maximum Gasteiger partial charge on any atom is 0.331 e. The summed E-state index contributed by atoms with van der Waals surface area (Å²) in [5.41, 5.74) is 0.504. The number of ether oxygens (including phenoxy) is 1. The molecule has 2 bridgehead atoms. The van der Waals surface area contributed by atoms with Gasteiger partial charge in [0, 0.05) is 6.08 Å². The molecule has 0 unspecified atom stereocenters. The van der Waals surface area contributed by atoms with Gasteiger partial charge in [-0.15, -0.1) is 0 Å². The van der Waals surface area contributed by atoms with Gasteiger partial charge in [0.15, 0.2) is 11.4 Å². The van der Waals surface area contributed by atoms with Crippen molar-refractivity contribution >= 4 is 11.8 Å². The molecule has 84 valence electrons. The lowest BCUT2D eigenvalue weighted by atomic mass is 9.68. The minimum absolute atomic E-state index is 0.0233. The summed E-state index contributed by atoms with van der Waals surface area (Å²) < 4.78 is 5.53. The number of hydrogen-bond donors (Lipinski definition) is 0. The topological polar surface area (TPSA) is 46.6 Å². The van der Waals surface area contributed by atoms with Crippen LogP contribution in [0.25, 0.3) is 0 Å². The summed E-state index contributed by atoms with van der Waals surface area (Å²) in [6.07, 6.45) is 4.90. The molecule has 1 aliphatic carbocycles. The van der Waals surface area contributed by atoms with Crippen LogP contribution in [-0.4, -0.2) is 40.9 Å². The molecule has 4 aliphatic heterocycles. The van der Waals surface area contributed by atoms with Crippen LogP contribution in [-0.2, 0) is 14.3 Å². The van der Waals surface area contributed by atoms with Crippen LogP contribution in [0.15, 0.2) is 11.6 Å². The molecule has 4 heterocycles. The summed E-state index contributed by atoms with van der Waals surface area (Å²) in [6, 6.07) is 0.289. The first kappa shape index (κ1) is 8.93. The average Bonchev–Trinajstić information content (AvgIpc) is 2.79. The summed E-state index contributed by atoms with van der Waals surface area (Å²) in [4.78, 5) is 25.7. The van der Waals surface area contributed by atoms with Gasteiger partial charge >= 0.3 is 5.97 Å². The second-order valence-electron chi connectivity index (χ2n) is 5.24. The molecule has 4 heteroatoms. The van der Waals surface area contributed by atoms with Gasteiger partial charge < -0.3 is 4.74 Å². The van der Waals surface area contributed by atoms with Crippen LogP contribution in [0.4, 0.5) is 0 Å². The number of esters is 1. The van der Waals surface area contributed by atoms with Crippen LogP contribution in [0.2, 0.25) is 0 Å². The first-order chi connectivity index (χ1) is 7.71. The quantitative estimate of drug-likeness (QED) is 0.554. The van der Waals surface area contributed by atoms with Crippen molar-refractivity contribution in [3.05, 3.63) is 11.6 Å². The van der Waals surface area contributed by atoms with E-state index in [1.807, 2.05) is 0 Å².